The van der Waals surface area contributed by atoms with E-state index in [0.717, 1.165) is 0 Å². The summed E-state index contributed by atoms with van der Waals surface area (Å²) in [5.41, 5.74) is 0.625. The molecule has 0 spiro atoms. The SMILES string of the molecule is CN(C)CCNC(=O)CC(NC(=O)[C@@H]1CCCCN1C(=O)OCc1ccc(Cl)c(Cl)c1)C(=O)CF. The van der Waals surface area contributed by atoms with Crippen molar-refractivity contribution in [3.05, 3.63) is 33.8 Å². The number of ketones is 1. The maximum absolute atomic E-state index is 13.1. The van der Waals surface area contributed by atoms with Gasteiger partial charge in [-0.1, -0.05) is 29.3 Å². The van der Waals surface area contributed by atoms with E-state index in [1.165, 1.54) is 4.90 Å². The van der Waals surface area contributed by atoms with Crippen molar-refractivity contribution in [2.24, 2.45) is 0 Å². The maximum Gasteiger partial charge on any atom is 0.410 e. The minimum absolute atomic E-state index is 0.0728. The molecule has 2 atom stereocenters. The third-order valence-electron chi connectivity index (χ3n) is 5.49. The second kappa shape index (κ2) is 14.2. The maximum atomic E-state index is 13.1. The fourth-order valence-corrected chi connectivity index (χ4v) is 3.88. The van der Waals surface area contributed by atoms with E-state index < -0.39 is 48.9 Å². The van der Waals surface area contributed by atoms with Crippen molar-refractivity contribution in [2.75, 3.05) is 40.4 Å². The largest absolute Gasteiger partial charge is 0.445 e. The summed E-state index contributed by atoms with van der Waals surface area (Å²) in [6.07, 6.45) is 0.606. The molecule has 1 aromatic carbocycles. The number of carbonyl (C=O) groups is 4. The highest BCUT2D eigenvalue weighted by Gasteiger charge is 2.35. The molecule has 1 fully saturated rings. The van der Waals surface area contributed by atoms with Gasteiger partial charge in [-0.05, 0) is 51.1 Å². The summed E-state index contributed by atoms with van der Waals surface area (Å²) in [6.45, 7) is -0.184. The van der Waals surface area contributed by atoms with Gasteiger partial charge in [0.2, 0.25) is 11.8 Å². The standard InChI is InChI=1S/C23H31Cl2FN4O5/c1-29(2)10-8-27-21(32)12-18(20(31)13-26)28-22(33)19-5-3-4-9-30(19)23(34)35-14-15-6-7-16(24)17(25)11-15/h6-7,11,18-19H,3-5,8-10,12-14H2,1-2H3,(H,27,32)(H,28,33)/t18?,19-/m0/s1. The summed E-state index contributed by atoms with van der Waals surface area (Å²) in [5.74, 6) is -2.03. The van der Waals surface area contributed by atoms with Crippen molar-refractivity contribution in [1.29, 1.82) is 0 Å². The molecule has 1 saturated heterocycles. The fraction of sp³-hybridized carbons (Fsp3) is 0.565. The molecule has 9 nitrogen and oxygen atoms in total. The monoisotopic (exact) mass is 532 g/mol. The van der Waals surface area contributed by atoms with Gasteiger partial charge in [-0.2, -0.15) is 0 Å². The molecule has 0 aromatic heterocycles. The second-order valence-corrected chi connectivity index (χ2v) is 9.34. The number of ether oxygens (including phenoxy) is 1. The van der Waals surface area contributed by atoms with Crippen LogP contribution in [0.25, 0.3) is 0 Å². The minimum Gasteiger partial charge on any atom is -0.445 e. The Bertz CT molecular complexity index is 918. The number of likely N-dealkylation sites (tertiary alicyclic amines) is 1. The van der Waals surface area contributed by atoms with Gasteiger partial charge in [0.25, 0.3) is 0 Å². The number of piperidine rings is 1. The van der Waals surface area contributed by atoms with Crippen LogP contribution in [0.1, 0.15) is 31.2 Å². The minimum atomic E-state index is -1.33. The quantitative estimate of drug-likeness (QED) is 0.453. The highest BCUT2D eigenvalue weighted by Crippen LogP contribution is 2.24. The smallest absolute Gasteiger partial charge is 0.410 e. The summed E-state index contributed by atoms with van der Waals surface area (Å²) in [5, 5.41) is 5.79. The van der Waals surface area contributed by atoms with Crippen LogP contribution in [0.2, 0.25) is 10.0 Å². The molecule has 35 heavy (non-hydrogen) atoms. The molecule has 12 heteroatoms. The lowest BCUT2D eigenvalue weighted by Crippen LogP contribution is -2.55. The normalized spacial score (nSPS) is 16.5. The number of hydrogen-bond acceptors (Lipinski definition) is 6. The molecule has 0 radical (unpaired) electrons. The average Bonchev–Trinajstić information content (AvgIpc) is 2.83. The van der Waals surface area contributed by atoms with E-state index in [1.54, 1.807) is 18.2 Å². The molecule has 2 N–H and O–H groups in total. The zero-order valence-corrected chi connectivity index (χ0v) is 21.3. The fourth-order valence-electron chi connectivity index (χ4n) is 3.56. The predicted octanol–water partition coefficient (Wildman–Crippen LogP) is 2.58. The van der Waals surface area contributed by atoms with Crippen molar-refractivity contribution in [2.45, 2.75) is 44.4 Å². The molecule has 194 valence electrons. The lowest BCUT2D eigenvalue weighted by molar-refractivity contribution is -0.133. The van der Waals surface area contributed by atoms with Crippen LogP contribution in [0.3, 0.4) is 0 Å². The zero-order chi connectivity index (χ0) is 26.0. The van der Waals surface area contributed by atoms with E-state index in [1.807, 2.05) is 19.0 Å². The lowest BCUT2D eigenvalue weighted by atomic mass is 10.0. The van der Waals surface area contributed by atoms with Crippen LogP contribution in [0.5, 0.6) is 0 Å². The molecule has 1 aliphatic rings. The van der Waals surface area contributed by atoms with Crippen LogP contribution in [0, 0.1) is 0 Å². The first-order chi connectivity index (χ1) is 16.6. The van der Waals surface area contributed by atoms with Crippen LogP contribution in [0.4, 0.5) is 9.18 Å². The Balaban J connectivity index is 1.99. The van der Waals surface area contributed by atoms with E-state index in [2.05, 4.69) is 10.6 Å². The van der Waals surface area contributed by atoms with Gasteiger partial charge in [0.15, 0.2) is 5.78 Å². The number of carbonyl (C=O) groups excluding carboxylic acids is 4. The first-order valence-electron chi connectivity index (χ1n) is 11.3. The molecule has 1 heterocycles. The number of hydrogen-bond donors (Lipinski definition) is 2. The Hall–Kier alpha value is -2.43. The predicted molar refractivity (Wildman–Crippen MR) is 130 cm³/mol. The first-order valence-corrected chi connectivity index (χ1v) is 12.1. The summed E-state index contributed by atoms with van der Waals surface area (Å²) >= 11 is 11.9. The van der Waals surface area contributed by atoms with Gasteiger partial charge in [-0.15, -0.1) is 0 Å². The molecule has 0 bridgehead atoms. The van der Waals surface area contributed by atoms with Crippen LogP contribution in [-0.2, 0) is 25.7 Å². The van der Waals surface area contributed by atoms with Crippen LogP contribution in [0.15, 0.2) is 18.2 Å². The number of nitrogens with zero attached hydrogens (tertiary/aromatic N) is 2. The number of amides is 3. The molecular weight excluding hydrogens is 502 g/mol. The van der Waals surface area contributed by atoms with Crippen molar-refractivity contribution in [3.63, 3.8) is 0 Å². The van der Waals surface area contributed by atoms with Gasteiger partial charge in [-0.25, -0.2) is 9.18 Å². The highest BCUT2D eigenvalue weighted by atomic mass is 35.5. The van der Waals surface area contributed by atoms with Crippen LogP contribution >= 0.6 is 23.2 Å². The van der Waals surface area contributed by atoms with Crippen molar-refractivity contribution >= 4 is 46.9 Å². The molecular formula is C23H31Cl2FN4O5. The number of likely N-dealkylation sites (N-methyl/N-ethyl adjacent to an activating group) is 1. The molecule has 0 aliphatic carbocycles. The third kappa shape index (κ3) is 9.27. The number of rotatable bonds is 11. The molecule has 1 aromatic rings. The molecule has 0 saturated carbocycles. The van der Waals surface area contributed by atoms with Gasteiger partial charge in [0.1, 0.15) is 19.3 Å². The Labute approximate surface area is 214 Å². The topological polar surface area (TPSA) is 108 Å². The van der Waals surface area contributed by atoms with Crippen LogP contribution in [-0.4, -0.2) is 86.0 Å². The molecule has 2 rings (SSSR count). The molecule has 3 amide bonds. The van der Waals surface area contributed by atoms with E-state index in [0.29, 0.717) is 48.0 Å². The molecule has 1 aliphatic heterocycles. The van der Waals surface area contributed by atoms with Gasteiger partial charge in [0.05, 0.1) is 22.5 Å². The number of Topliss-reactive ketones (excluding diaryl/α,β-unsaturated/α-hetero) is 1. The highest BCUT2D eigenvalue weighted by molar-refractivity contribution is 6.42. The molecule has 1 unspecified atom stereocenters. The van der Waals surface area contributed by atoms with Crippen LogP contribution < -0.4 is 10.6 Å². The third-order valence-corrected chi connectivity index (χ3v) is 6.23. The second-order valence-electron chi connectivity index (χ2n) is 8.53. The number of nitrogens with one attached hydrogen (secondary N) is 2. The summed E-state index contributed by atoms with van der Waals surface area (Å²) in [7, 11) is 3.68. The number of alkyl halides is 1. The van der Waals surface area contributed by atoms with E-state index in [9.17, 15) is 23.6 Å². The number of halogens is 3. The Kier molecular flexibility index (Phi) is 11.7. The zero-order valence-electron chi connectivity index (χ0n) is 19.8. The Morgan fingerprint density at radius 2 is 1.94 bits per heavy atom. The van der Waals surface area contributed by atoms with Crippen molar-refractivity contribution in [3.8, 4) is 0 Å². The van der Waals surface area contributed by atoms with Gasteiger partial charge < -0.3 is 20.3 Å². The van der Waals surface area contributed by atoms with E-state index >= 15 is 0 Å². The lowest BCUT2D eigenvalue weighted by Gasteiger charge is -2.34. The Morgan fingerprint density at radius 3 is 2.60 bits per heavy atom. The average molecular weight is 533 g/mol. The first kappa shape index (κ1) is 28.8. The van der Waals surface area contributed by atoms with E-state index in [4.69, 9.17) is 27.9 Å². The van der Waals surface area contributed by atoms with E-state index in [-0.39, 0.29) is 13.2 Å². The van der Waals surface area contributed by atoms with Gasteiger partial charge in [0, 0.05) is 19.6 Å². The summed E-state index contributed by atoms with van der Waals surface area (Å²) < 4.78 is 18.5. The van der Waals surface area contributed by atoms with Crippen molar-refractivity contribution in [1.82, 2.24) is 20.4 Å². The van der Waals surface area contributed by atoms with Gasteiger partial charge in [-0.3, -0.25) is 19.3 Å². The number of benzene rings is 1. The summed E-state index contributed by atoms with van der Waals surface area (Å²) in [6, 6.07) is 2.59. The Morgan fingerprint density at radius 1 is 1.20 bits per heavy atom. The summed E-state index contributed by atoms with van der Waals surface area (Å²) in [4.78, 5) is 53.1. The van der Waals surface area contributed by atoms with Crippen molar-refractivity contribution < 1.29 is 28.3 Å². The van der Waals surface area contributed by atoms with Gasteiger partial charge >= 0.3 is 6.09 Å².